The van der Waals surface area contributed by atoms with Crippen LogP contribution >= 0.6 is 0 Å². The van der Waals surface area contributed by atoms with Crippen LogP contribution in [0.5, 0.6) is 0 Å². The molecule has 0 bridgehead atoms. The zero-order valence-electron chi connectivity index (χ0n) is 7.61. The maximum Gasteiger partial charge on any atom is 0.336 e. The average molecular weight is 188 g/mol. The van der Waals surface area contributed by atoms with Crippen molar-refractivity contribution < 1.29 is 9.21 Å². The van der Waals surface area contributed by atoms with Crippen molar-refractivity contribution in [3.63, 3.8) is 0 Å². The summed E-state index contributed by atoms with van der Waals surface area (Å²) in [5.74, 6) is -0.0375. The maximum atomic E-state index is 11.2. The first-order chi connectivity index (χ1) is 6.68. The van der Waals surface area contributed by atoms with Crippen molar-refractivity contribution in [1.82, 2.24) is 0 Å². The Morgan fingerprint density at radius 3 is 2.71 bits per heavy atom. The Labute approximate surface area is 80.0 Å². The van der Waals surface area contributed by atoms with E-state index in [0.29, 0.717) is 16.5 Å². The van der Waals surface area contributed by atoms with Crippen LogP contribution in [-0.4, -0.2) is 5.78 Å². The number of carbonyl (C=O) groups excluding carboxylic acids is 1. The van der Waals surface area contributed by atoms with Gasteiger partial charge in [-0.05, 0) is 19.1 Å². The summed E-state index contributed by atoms with van der Waals surface area (Å²) < 4.78 is 4.94. The van der Waals surface area contributed by atoms with Crippen LogP contribution in [0.2, 0.25) is 0 Å². The van der Waals surface area contributed by atoms with Crippen molar-refractivity contribution in [3.05, 3.63) is 46.3 Å². The molecule has 0 atom stereocenters. The summed E-state index contributed by atoms with van der Waals surface area (Å²) in [7, 11) is 0. The molecule has 3 nitrogen and oxygen atoms in total. The van der Waals surface area contributed by atoms with Crippen LogP contribution in [0.25, 0.3) is 11.0 Å². The van der Waals surface area contributed by atoms with Crippen molar-refractivity contribution >= 4 is 16.8 Å². The highest BCUT2D eigenvalue weighted by Gasteiger charge is 2.06. The highest BCUT2D eigenvalue weighted by Crippen LogP contribution is 2.16. The monoisotopic (exact) mass is 188 g/mol. The van der Waals surface area contributed by atoms with Gasteiger partial charge >= 0.3 is 5.63 Å². The smallest absolute Gasteiger partial charge is 0.336 e. The van der Waals surface area contributed by atoms with E-state index in [1.165, 1.54) is 13.0 Å². The fourth-order valence-corrected chi connectivity index (χ4v) is 1.41. The second-order valence-corrected chi connectivity index (χ2v) is 3.03. The van der Waals surface area contributed by atoms with Crippen LogP contribution in [-0.2, 0) is 0 Å². The molecule has 0 unspecified atom stereocenters. The molecule has 1 aromatic carbocycles. The van der Waals surface area contributed by atoms with Gasteiger partial charge in [-0.2, -0.15) is 0 Å². The van der Waals surface area contributed by atoms with Gasteiger partial charge in [-0.25, -0.2) is 4.79 Å². The predicted molar refractivity (Wildman–Crippen MR) is 52.5 cm³/mol. The third-order valence-electron chi connectivity index (χ3n) is 2.04. The molecule has 0 saturated carbocycles. The Bertz CT molecular complexity index is 552. The van der Waals surface area contributed by atoms with E-state index >= 15 is 0 Å². The molecule has 0 amide bonds. The van der Waals surface area contributed by atoms with Crippen LogP contribution in [0.3, 0.4) is 0 Å². The van der Waals surface area contributed by atoms with Gasteiger partial charge in [0.2, 0.25) is 0 Å². The minimum atomic E-state index is -0.404. The normalized spacial score (nSPS) is 10.4. The van der Waals surface area contributed by atoms with Gasteiger partial charge in [-0.15, -0.1) is 0 Å². The fraction of sp³-hybridized carbons (Fsp3) is 0.0909. The van der Waals surface area contributed by atoms with Crippen LogP contribution in [0, 0.1) is 0 Å². The van der Waals surface area contributed by atoms with Crippen LogP contribution in [0.15, 0.2) is 39.5 Å². The van der Waals surface area contributed by atoms with Crippen LogP contribution in [0.1, 0.15) is 17.3 Å². The lowest BCUT2D eigenvalue weighted by molar-refractivity contribution is 0.101. The minimum Gasteiger partial charge on any atom is -0.423 e. The number of hydrogen-bond donors (Lipinski definition) is 0. The molecule has 3 heteroatoms. The second kappa shape index (κ2) is 3.10. The summed E-state index contributed by atoms with van der Waals surface area (Å²) in [6.45, 7) is 1.49. The van der Waals surface area contributed by atoms with Crippen molar-refractivity contribution in [1.29, 1.82) is 0 Å². The molecular weight excluding hydrogens is 180 g/mol. The van der Waals surface area contributed by atoms with Gasteiger partial charge in [0.1, 0.15) is 5.58 Å². The van der Waals surface area contributed by atoms with Gasteiger partial charge in [-0.1, -0.05) is 12.1 Å². The highest BCUT2D eigenvalue weighted by molar-refractivity contribution is 6.05. The third kappa shape index (κ3) is 1.33. The van der Waals surface area contributed by atoms with Gasteiger partial charge in [0.15, 0.2) is 5.78 Å². The maximum absolute atomic E-state index is 11.2. The topological polar surface area (TPSA) is 47.3 Å². The Morgan fingerprint density at radius 1 is 1.21 bits per heavy atom. The average Bonchev–Trinajstić information content (AvgIpc) is 2.16. The molecular formula is C11H8O3. The number of carbonyl (C=O) groups is 1. The van der Waals surface area contributed by atoms with Gasteiger partial charge in [0.05, 0.1) is 0 Å². The number of ketones is 1. The van der Waals surface area contributed by atoms with Crippen LogP contribution in [0.4, 0.5) is 0 Å². The quantitative estimate of drug-likeness (QED) is 0.508. The van der Waals surface area contributed by atoms with Crippen molar-refractivity contribution in [2.45, 2.75) is 6.92 Å². The van der Waals surface area contributed by atoms with Gasteiger partial charge in [0.25, 0.3) is 0 Å². The fourth-order valence-electron chi connectivity index (χ4n) is 1.41. The molecule has 0 fully saturated rings. The van der Waals surface area contributed by atoms with E-state index in [1.807, 2.05) is 0 Å². The molecule has 0 aliphatic heterocycles. The lowest BCUT2D eigenvalue weighted by atomic mass is 10.1. The summed E-state index contributed by atoms with van der Waals surface area (Å²) >= 11 is 0. The van der Waals surface area contributed by atoms with Gasteiger partial charge in [-0.3, -0.25) is 4.79 Å². The second-order valence-electron chi connectivity index (χ2n) is 3.03. The molecule has 70 valence electrons. The number of rotatable bonds is 1. The Hall–Kier alpha value is -1.90. The summed E-state index contributed by atoms with van der Waals surface area (Å²) in [5.41, 5.74) is 0.620. The molecule has 0 aliphatic rings. The first-order valence-corrected chi connectivity index (χ1v) is 4.22. The van der Waals surface area contributed by atoms with E-state index in [9.17, 15) is 9.59 Å². The Morgan fingerprint density at radius 2 is 2.00 bits per heavy atom. The summed E-state index contributed by atoms with van der Waals surface area (Å²) in [6.07, 6.45) is 0. The highest BCUT2D eigenvalue weighted by atomic mass is 16.4. The summed E-state index contributed by atoms with van der Waals surface area (Å²) in [5, 5.41) is 0.680. The molecule has 0 saturated heterocycles. The zero-order valence-corrected chi connectivity index (χ0v) is 7.61. The number of Topliss-reactive ketones (excluding diaryl/α,β-unsaturated/α-hetero) is 1. The Balaban J connectivity index is 2.88. The predicted octanol–water partition coefficient (Wildman–Crippen LogP) is 2.00. The van der Waals surface area contributed by atoms with Crippen molar-refractivity contribution in [2.24, 2.45) is 0 Å². The first-order valence-electron chi connectivity index (χ1n) is 4.22. The standard InChI is InChI=1S/C11H8O3/c1-7(12)8-3-2-4-10-9(8)5-6-11(13)14-10/h2-6H,1H3. The largest absolute Gasteiger partial charge is 0.423 e. The van der Waals surface area contributed by atoms with Gasteiger partial charge in [0, 0.05) is 17.0 Å². The molecule has 1 heterocycles. The third-order valence-corrected chi connectivity index (χ3v) is 2.04. The molecule has 0 spiro atoms. The molecule has 0 N–H and O–H groups in total. The number of fused-ring (bicyclic) bond motifs is 1. The molecule has 1 aromatic heterocycles. The van der Waals surface area contributed by atoms with E-state index in [2.05, 4.69) is 0 Å². The number of hydrogen-bond acceptors (Lipinski definition) is 3. The molecule has 14 heavy (non-hydrogen) atoms. The first kappa shape index (κ1) is 8.69. The molecule has 0 radical (unpaired) electrons. The lowest BCUT2D eigenvalue weighted by Gasteiger charge is -2.00. The molecule has 2 rings (SSSR count). The lowest BCUT2D eigenvalue weighted by Crippen LogP contribution is -1.98. The van der Waals surface area contributed by atoms with E-state index in [1.54, 1.807) is 24.3 Å². The summed E-state index contributed by atoms with van der Waals surface area (Å²) in [6, 6.07) is 8.00. The van der Waals surface area contributed by atoms with E-state index in [-0.39, 0.29) is 5.78 Å². The van der Waals surface area contributed by atoms with E-state index < -0.39 is 5.63 Å². The SMILES string of the molecule is CC(=O)c1cccc2oc(=O)ccc12. The van der Waals surface area contributed by atoms with E-state index in [0.717, 1.165) is 0 Å². The number of benzene rings is 1. The van der Waals surface area contributed by atoms with Gasteiger partial charge < -0.3 is 4.42 Å². The molecule has 2 aromatic rings. The minimum absolute atomic E-state index is 0.0375. The summed E-state index contributed by atoms with van der Waals surface area (Å²) in [4.78, 5) is 22.1. The molecule has 0 aliphatic carbocycles. The van der Waals surface area contributed by atoms with E-state index in [4.69, 9.17) is 4.42 Å². The Kier molecular flexibility index (Phi) is 1.93. The zero-order chi connectivity index (χ0) is 10.1. The van der Waals surface area contributed by atoms with Crippen LogP contribution < -0.4 is 5.63 Å². The van der Waals surface area contributed by atoms with Crippen molar-refractivity contribution in [3.8, 4) is 0 Å². The van der Waals surface area contributed by atoms with Crippen molar-refractivity contribution in [2.75, 3.05) is 0 Å².